The van der Waals surface area contributed by atoms with Crippen molar-refractivity contribution in [3.8, 4) is 0 Å². The molecule has 3 rings (SSSR count). The number of benzene rings is 1. The van der Waals surface area contributed by atoms with Crippen LogP contribution in [-0.2, 0) is 6.54 Å². The zero-order valence-corrected chi connectivity index (χ0v) is 11.5. The highest BCUT2D eigenvalue weighted by atomic mass is 16.3. The number of furan rings is 1. The lowest BCUT2D eigenvalue weighted by atomic mass is 9.92. The summed E-state index contributed by atoms with van der Waals surface area (Å²) in [5.41, 5.74) is 6.89. The molecular formula is C16H22N2O. The van der Waals surface area contributed by atoms with Crippen LogP contribution in [-0.4, -0.2) is 24.0 Å². The summed E-state index contributed by atoms with van der Waals surface area (Å²) >= 11 is 0. The van der Waals surface area contributed by atoms with Crippen molar-refractivity contribution < 1.29 is 4.42 Å². The van der Waals surface area contributed by atoms with Gasteiger partial charge < -0.3 is 10.2 Å². The van der Waals surface area contributed by atoms with Crippen molar-refractivity contribution in [3.63, 3.8) is 0 Å². The highest BCUT2D eigenvalue weighted by Gasteiger charge is 2.25. The van der Waals surface area contributed by atoms with Gasteiger partial charge in [-0.05, 0) is 37.4 Å². The second-order valence-corrected chi connectivity index (χ2v) is 5.74. The largest absolute Gasteiger partial charge is 0.460 e. The standard InChI is InChI=1S/C16H22N2O/c1-12-6-7-18(14(8-12)10-17)11-15-9-13-4-2-3-5-16(13)19-15/h2-5,9,12,14H,6-8,10-11,17H2,1H3. The first-order valence-corrected chi connectivity index (χ1v) is 7.18. The maximum atomic E-state index is 5.91. The maximum Gasteiger partial charge on any atom is 0.134 e. The van der Waals surface area contributed by atoms with Crippen LogP contribution in [0.3, 0.4) is 0 Å². The van der Waals surface area contributed by atoms with Gasteiger partial charge in [0.15, 0.2) is 0 Å². The van der Waals surface area contributed by atoms with Crippen LogP contribution in [0.25, 0.3) is 11.0 Å². The number of piperidine rings is 1. The zero-order valence-electron chi connectivity index (χ0n) is 11.5. The minimum absolute atomic E-state index is 0.497. The van der Waals surface area contributed by atoms with Crippen LogP contribution in [0.5, 0.6) is 0 Å². The molecule has 2 atom stereocenters. The Morgan fingerprint density at radius 1 is 1.37 bits per heavy atom. The summed E-state index contributed by atoms with van der Waals surface area (Å²) in [5, 5.41) is 1.19. The lowest BCUT2D eigenvalue weighted by Crippen LogP contribution is -2.45. The van der Waals surface area contributed by atoms with E-state index in [0.29, 0.717) is 6.04 Å². The van der Waals surface area contributed by atoms with Crippen molar-refractivity contribution in [2.45, 2.75) is 32.4 Å². The summed E-state index contributed by atoms with van der Waals surface area (Å²) in [6, 6.07) is 10.8. The van der Waals surface area contributed by atoms with E-state index in [2.05, 4.69) is 24.0 Å². The van der Waals surface area contributed by atoms with E-state index in [1.54, 1.807) is 0 Å². The topological polar surface area (TPSA) is 42.4 Å². The number of likely N-dealkylation sites (tertiary alicyclic amines) is 1. The number of hydrogen-bond acceptors (Lipinski definition) is 3. The highest BCUT2D eigenvalue weighted by Crippen LogP contribution is 2.26. The molecule has 1 fully saturated rings. The molecule has 1 aromatic carbocycles. The Morgan fingerprint density at radius 2 is 2.21 bits per heavy atom. The minimum Gasteiger partial charge on any atom is -0.460 e. The van der Waals surface area contributed by atoms with Crippen molar-refractivity contribution >= 4 is 11.0 Å². The first-order valence-electron chi connectivity index (χ1n) is 7.18. The van der Waals surface area contributed by atoms with E-state index in [1.165, 1.54) is 18.2 Å². The van der Waals surface area contributed by atoms with Gasteiger partial charge in [-0.15, -0.1) is 0 Å². The molecule has 0 amide bonds. The number of nitrogens with zero attached hydrogens (tertiary/aromatic N) is 1. The second kappa shape index (κ2) is 5.35. The molecule has 3 heteroatoms. The third kappa shape index (κ3) is 2.67. The van der Waals surface area contributed by atoms with Gasteiger partial charge in [-0.25, -0.2) is 0 Å². The van der Waals surface area contributed by atoms with Crippen molar-refractivity contribution in [2.24, 2.45) is 11.7 Å². The van der Waals surface area contributed by atoms with Gasteiger partial charge in [-0.1, -0.05) is 25.1 Å². The lowest BCUT2D eigenvalue weighted by Gasteiger charge is -2.37. The van der Waals surface area contributed by atoms with Crippen molar-refractivity contribution in [1.29, 1.82) is 0 Å². The number of hydrogen-bond donors (Lipinski definition) is 1. The van der Waals surface area contributed by atoms with E-state index in [0.717, 1.165) is 36.9 Å². The molecular weight excluding hydrogens is 236 g/mol. The van der Waals surface area contributed by atoms with Crippen LogP contribution in [0.1, 0.15) is 25.5 Å². The Balaban J connectivity index is 1.76. The predicted octanol–water partition coefficient (Wildman–Crippen LogP) is 2.99. The molecule has 1 saturated heterocycles. The van der Waals surface area contributed by atoms with Crippen LogP contribution >= 0.6 is 0 Å². The normalized spacial score (nSPS) is 24.9. The molecule has 0 saturated carbocycles. The smallest absolute Gasteiger partial charge is 0.134 e. The average Bonchev–Trinajstić information content (AvgIpc) is 2.83. The van der Waals surface area contributed by atoms with Gasteiger partial charge in [0, 0.05) is 18.0 Å². The van der Waals surface area contributed by atoms with Gasteiger partial charge >= 0.3 is 0 Å². The summed E-state index contributed by atoms with van der Waals surface area (Å²) in [7, 11) is 0. The Hall–Kier alpha value is -1.32. The van der Waals surface area contributed by atoms with Crippen LogP contribution < -0.4 is 5.73 Å². The van der Waals surface area contributed by atoms with E-state index in [4.69, 9.17) is 10.2 Å². The predicted molar refractivity (Wildman–Crippen MR) is 77.9 cm³/mol. The van der Waals surface area contributed by atoms with Crippen LogP contribution in [0.4, 0.5) is 0 Å². The number of nitrogens with two attached hydrogens (primary N) is 1. The van der Waals surface area contributed by atoms with Gasteiger partial charge in [0.1, 0.15) is 11.3 Å². The molecule has 2 N–H and O–H groups in total. The maximum absolute atomic E-state index is 5.91. The SMILES string of the molecule is CC1CCN(Cc2cc3ccccc3o2)C(CN)C1. The molecule has 1 aromatic heterocycles. The van der Waals surface area contributed by atoms with Crippen LogP contribution in [0, 0.1) is 5.92 Å². The Kier molecular flexibility index (Phi) is 3.58. The molecule has 19 heavy (non-hydrogen) atoms. The van der Waals surface area contributed by atoms with Crippen molar-refractivity contribution in [1.82, 2.24) is 4.90 Å². The molecule has 0 radical (unpaired) electrons. The zero-order chi connectivity index (χ0) is 13.2. The molecule has 102 valence electrons. The summed E-state index contributed by atoms with van der Waals surface area (Å²) in [6.45, 7) is 5.06. The number of para-hydroxylation sites is 1. The summed E-state index contributed by atoms with van der Waals surface area (Å²) in [5.74, 6) is 1.84. The molecule has 1 aliphatic heterocycles. The van der Waals surface area contributed by atoms with Crippen molar-refractivity contribution in [2.75, 3.05) is 13.1 Å². The molecule has 3 nitrogen and oxygen atoms in total. The van der Waals surface area contributed by atoms with Gasteiger partial charge in [0.25, 0.3) is 0 Å². The minimum atomic E-state index is 0.497. The van der Waals surface area contributed by atoms with Crippen molar-refractivity contribution in [3.05, 3.63) is 36.1 Å². The molecule has 0 aliphatic carbocycles. The molecule has 0 spiro atoms. The van der Waals surface area contributed by atoms with E-state index in [-0.39, 0.29) is 0 Å². The second-order valence-electron chi connectivity index (χ2n) is 5.74. The summed E-state index contributed by atoms with van der Waals surface area (Å²) < 4.78 is 5.91. The Labute approximate surface area is 114 Å². The summed E-state index contributed by atoms with van der Waals surface area (Å²) in [6.07, 6.45) is 2.47. The molecule has 2 unspecified atom stereocenters. The van der Waals surface area contributed by atoms with Crippen LogP contribution in [0.2, 0.25) is 0 Å². The third-order valence-electron chi connectivity index (χ3n) is 4.21. The number of fused-ring (bicyclic) bond motifs is 1. The third-order valence-corrected chi connectivity index (χ3v) is 4.21. The average molecular weight is 258 g/mol. The van der Waals surface area contributed by atoms with Gasteiger partial charge in [-0.2, -0.15) is 0 Å². The fraction of sp³-hybridized carbons (Fsp3) is 0.500. The first-order chi connectivity index (χ1) is 9.26. The molecule has 1 aliphatic rings. The Bertz CT molecular complexity index is 515. The first kappa shape index (κ1) is 12.7. The van der Waals surface area contributed by atoms with E-state index >= 15 is 0 Å². The molecule has 2 heterocycles. The lowest BCUT2D eigenvalue weighted by molar-refractivity contribution is 0.108. The van der Waals surface area contributed by atoms with Gasteiger partial charge in [0.05, 0.1) is 6.54 Å². The van der Waals surface area contributed by atoms with E-state index in [1.807, 2.05) is 18.2 Å². The van der Waals surface area contributed by atoms with Crippen LogP contribution in [0.15, 0.2) is 34.7 Å². The molecule has 2 aromatic rings. The van der Waals surface area contributed by atoms with Gasteiger partial charge in [-0.3, -0.25) is 4.90 Å². The summed E-state index contributed by atoms with van der Waals surface area (Å²) in [4.78, 5) is 2.47. The fourth-order valence-corrected chi connectivity index (χ4v) is 3.07. The quantitative estimate of drug-likeness (QED) is 0.920. The highest BCUT2D eigenvalue weighted by molar-refractivity contribution is 5.77. The monoisotopic (exact) mass is 258 g/mol. The fourth-order valence-electron chi connectivity index (χ4n) is 3.07. The van der Waals surface area contributed by atoms with Gasteiger partial charge in [0.2, 0.25) is 0 Å². The molecule has 0 bridgehead atoms. The van der Waals surface area contributed by atoms with E-state index < -0.39 is 0 Å². The Morgan fingerprint density at radius 3 is 3.00 bits per heavy atom. The van der Waals surface area contributed by atoms with E-state index in [9.17, 15) is 0 Å². The number of rotatable bonds is 3.